The molecule has 1 heterocycles. The van der Waals surface area contributed by atoms with Gasteiger partial charge in [-0.15, -0.1) is 0 Å². The van der Waals surface area contributed by atoms with E-state index in [0.29, 0.717) is 44.7 Å². The topological polar surface area (TPSA) is 64.0 Å². The molecule has 1 aliphatic rings. The minimum Gasteiger partial charge on any atom is -0.481 e. The molecule has 0 saturated carbocycles. The van der Waals surface area contributed by atoms with E-state index >= 15 is 0 Å². The molecule has 1 aromatic rings. The molecule has 0 atom stereocenters. The van der Waals surface area contributed by atoms with Gasteiger partial charge in [0.1, 0.15) is 5.82 Å². The standard InChI is InChI=1S/C16H23FN2O3/c1-18(8-9-20)11-12-2-3-14(17)15(10-12)19-6-4-13(5-7-19)16(21)22/h2-3,10,13,20H,4-9,11H2,1H3,(H,21,22). The van der Waals surface area contributed by atoms with Gasteiger partial charge >= 0.3 is 5.97 Å². The van der Waals surface area contributed by atoms with Gasteiger partial charge in [0.25, 0.3) is 0 Å². The summed E-state index contributed by atoms with van der Waals surface area (Å²) >= 11 is 0. The number of carbonyl (C=O) groups is 1. The van der Waals surface area contributed by atoms with E-state index in [2.05, 4.69) is 0 Å². The summed E-state index contributed by atoms with van der Waals surface area (Å²) < 4.78 is 14.1. The van der Waals surface area contributed by atoms with Crippen LogP contribution in [-0.2, 0) is 11.3 Å². The molecule has 0 spiro atoms. The summed E-state index contributed by atoms with van der Waals surface area (Å²) in [6.07, 6.45) is 1.09. The van der Waals surface area contributed by atoms with Crippen molar-refractivity contribution in [3.05, 3.63) is 29.6 Å². The van der Waals surface area contributed by atoms with Crippen LogP contribution < -0.4 is 4.90 Å². The fourth-order valence-electron chi connectivity index (χ4n) is 2.83. The van der Waals surface area contributed by atoms with Gasteiger partial charge in [-0.25, -0.2) is 4.39 Å². The minimum atomic E-state index is -0.764. The molecule has 22 heavy (non-hydrogen) atoms. The first kappa shape index (κ1) is 16.7. The van der Waals surface area contributed by atoms with Crippen LogP contribution in [0.25, 0.3) is 0 Å². The molecular formula is C16H23FN2O3. The Morgan fingerprint density at radius 3 is 2.68 bits per heavy atom. The van der Waals surface area contributed by atoms with Crippen LogP contribution in [0.3, 0.4) is 0 Å². The summed E-state index contributed by atoms with van der Waals surface area (Å²) in [7, 11) is 1.90. The zero-order valence-electron chi connectivity index (χ0n) is 12.8. The first-order valence-electron chi connectivity index (χ1n) is 7.57. The molecule has 0 radical (unpaired) electrons. The number of benzene rings is 1. The molecule has 0 unspecified atom stereocenters. The molecular weight excluding hydrogens is 287 g/mol. The van der Waals surface area contributed by atoms with Crippen molar-refractivity contribution in [3.8, 4) is 0 Å². The van der Waals surface area contributed by atoms with Crippen LogP contribution >= 0.6 is 0 Å². The Bertz CT molecular complexity index is 516. The molecule has 0 amide bonds. The zero-order valence-corrected chi connectivity index (χ0v) is 12.8. The summed E-state index contributed by atoms with van der Waals surface area (Å²) in [6, 6.07) is 5.03. The maximum absolute atomic E-state index is 14.1. The van der Waals surface area contributed by atoms with Crippen molar-refractivity contribution in [1.82, 2.24) is 4.90 Å². The fourth-order valence-corrected chi connectivity index (χ4v) is 2.83. The number of likely N-dealkylation sites (N-methyl/N-ethyl adjacent to an activating group) is 1. The van der Waals surface area contributed by atoms with Crippen molar-refractivity contribution in [2.75, 3.05) is 38.2 Å². The zero-order chi connectivity index (χ0) is 16.1. The number of aliphatic carboxylic acids is 1. The monoisotopic (exact) mass is 310 g/mol. The number of halogens is 1. The number of anilines is 1. The first-order chi connectivity index (χ1) is 10.5. The van der Waals surface area contributed by atoms with Crippen LogP contribution in [0.2, 0.25) is 0 Å². The third-order valence-electron chi connectivity index (χ3n) is 4.13. The molecule has 2 rings (SSSR count). The highest BCUT2D eigenvalue weighted by atomic mass is 19.1. The summed E-state index contributed by atoms with van der Waals surface area (Å²) in [5, 5.41) is 18.0. The van der Waals surface area contributed by atoms with Gasteiger partial charge in [0.15, 0.2) is 0 Å². The summed E-state index contributed by atoms with van der Waals surface area (Å²) in [6.45, 7) is 2.41. The van der Waals surface area contributed by atoms with E-state index in [1.165, 1.54) is 6.07 Å². The quantitative estimate of drug-likeness (QED) is 0.835. The Hall–Kier alpha value is -1.66. The van der Waals surface area contributed by atoms with E-state index in [9.17, 15) is 9.18 Å². The maximum Gasteiger partial charge on any atom is 0.306 e. The van der Waals surface area contributed by atoms with E-state index in [1.807, 2.05) is 22.9 Å². The van der Waals surface area contributed by atoms with Crippen molar-refractivity contribution in [1.29, 1.82) is 0 Å². The Labute approximate surface area is 130 Å². The van der Waals surface area contributed by atoms with Gasteiger partial charge in [0.2, 0.25) is 0 Å². The molecule has 1 fully saturated rings. The number of rotatable bonds is 6. The Morgan fingerprint density at radius 1 is 1.41 bits per heavy atom. The smallest absolute Gasteiger partial charge is 0.306 e. The number of aliphatic hydroxyl groups is 1. The fraction of sp³-hybridized carbons (Fsp3) is 0.562. The normalized spacial score (nSPS) is 16.3. The number of piperidine rings is 1. The second-order valence-electron chi connectivity index (χ2n) is 5.85. The summed E-state index contributed by atoms with van der Waals surface area (Å²) in [4.78, 5) is 14.9. The molecule has 6 heteroatoms. The van der Waals surface area contributed by atoms with E-state index in [-0.39, 0.29) is 18.3 Å². The van der Waals surface area contributed by atoms with Crippen LogP contribution in [0.5, 0.6) is 0 Å². The predicted molar refractivity (Wildman–Crippen MR) is 82.4 cm³/mol. The van der Waals surface area contributed by atoms with E-state index < -0.39 is 5.97 Å². The summed E-state index contributed by atoms with van der Waals surface area (Å²) in [5.74, 6) is -1.36. The van der Waals surface area contributed by atoms with Crippen LogP contribution in [0.4, 0.5) is 10.1 Å². The highest BCUT2D eigenvalue weighted by molar-refractivity contribution is 5.70. The average Bonchev–Trinajstić information content (AvgIpc) is 2.49. The maximum atomic E-state index is 14.1. The van der Waals surface area contributed by atoms with Crippen LogP contribution in [-0.4, -0.2) is 54.4 Å². The Kier molecular flexibility index (Phi) is 5.74. The van der Waals surface area contributed by atoms with Crippen molar-refractivity contribution < 1.29 is 19.4 Å². The van der Waals surface area contributed by atoms with Crippen LogP contribution in [0.1, 0.15) is 18.4 Å². The van der Waals surface area contributed by atoms with E-state index in [1.54, 1.807) is 6.07 Å². The molecule has 1 aliphatic heterocycles. The van der Waals surface area contributed by atoms with E-state index in [0.717, 1.165) is 5.56 Å². The van der Waals surface area contributed by atoms with E-state index in [4.69, 9.17) is 10.2 Å². The highest BCUT2D eigenvalue weighted by Gasteiger charge is 2.25. The third-order valence-corrected chi connectivity index (χ3v) is 4.13. The van der Waals surface area contributed by atoms with Gasteiger partial charge in [-0.2, -0.15) is 0 Å². The molecule has 1 aromatic carbocycles. The second-order valence-corrected chi connectivity index (χ2v) is 5.85. The van der Waals surface area contributed by atoms with Crippen molar-refractivity contribution in [2.45, 2.75) is 19.4 Å². The number of carboxylic acids is 1. The van der Waals surface area contributed by atoms with Gasteiger partial charge in [-0.3, -0.25) is 9.69 Å². The van der Waals surface area contributed by atoms with Gasteiger partial charge in [-0.05, 0) is 37.6 Å². The Morgan fingerprint density at radius 2 is 2.09 bits per heavy atom. The number of hydrogen-bond donors (Lipinski definition) is 2. The number of hydrogen-bond acceptors (Lipinski definition) is 4. The molecule has 0 aliphatic carbocycles. The first-order valence-corrected chi connectivity index (χ1v) is 7.57. The van der Waals surface area contributed by atoms with Crippen LogP contribution in [0, 0.1) is 11.7 Å². The lowest BCUT2D eigenvalue weighted by atomic mass is 9.96. The lowest BCUT2D eigenvalue weighted by Crippen LogP contribution is -2.36. The van der Waals surface area contributed by atoms with Crippen molar-refractivity contribution in [2.24, 2.45) is 5.92 Å². The van der Waals surface area contributed by atoms with Crippen molar-refractivity contribution >= 4 is 11.7 Å². The highest BCUT2D eigenvalue weighted by Crippen LogP contribution is 2.27. The lowest BCUT2D eigenvalue weighted by Gasteiger charge is -2.32. The number of nitrogens with zero attached hydrogens (tertiary/aromatic N) is 2. The SMILES string of the molecule is CN(CCO)Cc1ccc(F)c(N2CCC(C(=O)O)CC2)c1. The third kappa shape index (κ3) is 4.18. The summed E-state index contributed by atoms with van der Waals surface area (Å²) in [5.41, 5.74) is 1.52. The molecule has 1 saturated heterocycles. The van der Waals surface area contributed by atoms with Crippen LogP contribution in [0.15, 0.2) is 18.2 Å². The Balaban J connectivity index is 2.06. The lowest BCUT2D eigenvalue weighted by molar-refractivity contribution is -0.142. The number of carboxylic acid groups (broad SMARTS) is 1. The molecule has 0 aromatic heterocycles. The molecule has 122 valence electrons. The number of aliphatic hydroxyl groups excluding tert-OH is 1. The minimum absolute atomic E-state index is 0.0905. The van der Waals surface area contributed by atoms with Gasteiger partial charge in [0.05, 0.1) is 18.2 Å². The van der Waals surface area contributed by atoms with Crippen molar-refractivity contribution in [3.63, 3.8) is 0 Å². The second kappa shape index (κ2) is 7.56. The average molecular weight is 310 g/mol. The molecule has 2 N–H and O–H groups in total. The molecule has 0 bridgehead atoms. The van der Waals surface area contributed by atoms with Gasteiger partial charge in [0, 0.05) is 26.2 Å². The van der Waals surface area contributed by atoms with Gasteiger partial charge < -0.3 is 15.1 Å². The molecule has 5 nitrogen and oxygen atoms in total. The largest absolute Gasteiger partial charge is 0.481 e. The van der Waals surface area contributed by atoms with Gasteiger partial charge in [-0.1, -0.05) is 6.07 Å². The predicted octanol–water partition coefficient (Wildman–Crippen LogP) is 1.55.